The SMILES string of the molecule is CC(F)(F)C(=O)OCC12CC3CC(CC(C3)C1)C2.Oc1ccc(Oc2ccc([S+](c3ccccc3)c3ccccc3)cc2)cc1. The number of aromatic hydroxyl groups is 1. The average Bonchev–Trinajstić information content (AvgIpc) is 3.02. The molecular weight excluding hydrogens is 590 g/mol. The predicted molar refractivity (Wildman–Crippen MR) is 172 cm³/mol. The lowest BCUT2D eigenvalue weighted by molar-refractivity contribution is -0.179. The van der Waals surface area contributed by atoms with Crippen molar-refractivity contribution in [2.24, 2.45) is 23.2 Å². The van der Waals surface area contributed by atoms with E-state index < -0.39 is 11.9 Å². The number of carbonyl (C=O) groups excluding carboxylic acids is 1. The number of esters is 1. The fraction of sp³-hybridized carbons (Fsp3) is 0.342. The maximum absolute atomic E-state index is 12.8. The van der Waals surface area contributed by atoms with Gasteiger partial charge in [0.1, 0.15) is 17.2 Å². The second-order valence-electron chi connectivity index (χ2n) is 12.9. The lowest BCUT2D eigenvalue weighted by Gasteiger charge is -2.56. The molecule has 4 fully saturated rings. The Hall–Kier alpha value is -3.84. The van der Waals surface area contributed by atoms with Crippen molar-refractivity contribution < 1.29 is 28.2 Å². The molecule has 0 aromatic heterocycles. The minimum absolute atomic E-state index is 0.0235. The van der Waals surface area contributed by atoms with Gasteiger partial charge in [0.15, 0.2) is 14.7 Å². The van der Waals surface area contributed by atoms with Crippen LogP contribution in [-0.4, -0.2) is 23.6 Å². The number of ether oxygens (including phenoxy) is 2. The molecule has 0 radical (unpaired) electrons. The monoisotopic (exact) mass is 629 g/mol. The van der Waals surface area contributed by atoms with E-state index in [4.69, 9.17) is 9.47 Å². The van der Waals surface area contributed by atoms with Crippen LogP contribution in [0.25, 0.3) is 0 Å². The Morgan fingerprint density at radius 2 is 1.16 bits per heavy atom. The molecule has 4 aliphatic rings. The van der Waals surface area contributed by atoms with E-state index in [1.807, 2.05) is 24.3 Å². The van der Waals surface area contributed by atoms with Gasteiger partial charge < -0.3 is 14.6 Å². The van der Waals surface area contributed by atoms with Crippen LogP contribution >= 0.6 is 0 Å². The molecule has 4 bridgehead atoms. The van der Waals surface area contributed by atoms with Crippen molar-refractivity contribution in [2.45, 2.75) is 66.1 Å². The number of hydrogen-bond acceptors (Lipinski definition) is 4. The normalized spacial score (nSPS) is 23.2. The highest BCUT2D eigenvalue weighted by Crippen LogP contribution is 2.60. The molecule has 0 amide bonds. The van der Waals surface area contributed by atoms with Crippen molar-refractivity contribution in [1.82, 2.24) is 0 Å². The van der Waals surface area contributed by atoms with Gasteiger partial charge in [-0.2, -0.15) is 8.78 Å². The Labute approximate surface area is 266 Å². The minimum Gasteiger partial charge on any atom is -0.508 e. The Bertz CT molecular complexity index is 1480. The Balaban J connectivity index is 0.000000172. The number of phenols is 1. The smallest absolute Gasteiger partial charge is 0.376 e. The van der Waals surface area contributed by atoms with E-state index in [0.29, 0.717) is 12.7 Å². The number of benzene rings is 4. The molecule has 4 nitrogen and oxygen atoms in total. The summed E-state index contributed by atoms with van der Waals surface area (Å²) in [5.41, 5.74) is 0.0235. The average molecular weight is 630 g/mol. The standard InChI is InChI=1S/C24H18O2S.C14H20F2O2/c25-19-11-13-20(14-12-19)26-21-15-17-24(18-16-21)27(22-7-3-1-4-8-22)23-9-5-2-6-10-23;1-13(15,16)12(17)18-8-14-5-9-2-10(6-14)4-11(3-9)7-14/h1-18H;9-11H,2-8H2,1H3/p+1. The van der Waals surface area contributed by atoms with Crippen LogP contribution < -0.4 is 4.74 Å². The van der Waals surface area contributed by atoms with E-state index in [1.54, 1.807) is 24.3 Å². The largest absolute Gasteiger partial charge is 0.508 e. The summed E-state index contributed by atoms with van der Waals surface area (Å²) in [6.45, 7) is 0.813. The Morgan fingerprint density at radius 1 is 0.733 bits per heavy atom. The van der Waals surface area contributed by atoms with E-state index in [9.17, 15) is 18.7 Å². The second-order valence-corrected chi connectivity index (χ2v) is 14.9. The molecule has 45 heavy (non-hydrogen) atoms. The van der Waals surface area contributed by atoms with Gasteiger partial charge in [0, 0.05) is 12.3 Å². The summed E-state index contributed by atoms with van der Waals surface area (Å²) in [5.74, 6) is -0.779. The van der Waals surface area contributed by atoms with Crippen molar-refractivity contribution in [1.29, 1.82) is 0 Å². The molecule has 0 heterocycles. The summed E-state index contributed by atoms with van der Waals surface area (Å²) in [5, 5.41) is 9.38. The fourth-order valence-electron chi connectivity index (χ4n) is 7.63. The first-order chi connectivity index (χ1) is 21.7. The predicted octanol–water partition coefficient (Wildman–Crippen LogP) is 9.68. The molecule has 1 N–H and O–H groups in total. The number of carbonyl (C=O) groups is 1. The van der Waals surface area contributed by atoms with Crippen LogP contribution in [0.2, 0.25) is 0 Å². The molecule has 0 aliphatic heterocycles. The summed E-state index contributed by atoms with van der Waals surface area (Å²) in [6.07, 6.45) is 7.12. The summed E-state index contributed by atoms with van der Waals surface area (Å²) >= 11 is 0. The first-order valence-electron chi connectivity index (χ1n) is 15.6. The molecule has 4 aromatic rings. The molecule has 234 valence electrons. The number of hydrogen-bond donors (Lipinski definition) is 1. The van der Waals surface area contributed by atoms with Crippen molar-refractivity contribution >= 4 is 16.9 Å². The van der Waals surface area contributed by atoms with E-state index in [-0.39, 0.29) is 28.7 Å². The molecule has 0 unspecified atom stereocenters. The van der Waals surface area contributed by atoms with Crippen molar-refractivity contribution in [3.8, 4) is 17.2 Å². The van der Waals surface area contributed by atoms with Gasteiger partial charge in [0.05, 0.1) is 17.5 Å². The summed E-state index contributed by atoms with van der Waals surface area (Å²) < 4.78 is 36.4. The van der Waals surface area contributed by atoms with Crippen molar-refractivity contribution in [3.05, 3.63) is 109 Å². The second kappa shape index (κ2) is 13.3. The molecule has 4 saturated carbocycles. The summed E-state index contributed by atoms with van der Waals surface area (Å²) in [7, 11) is -0.161. The third kappa shape index (κ3) is 7.70. The highest BCUT2D eigenvalue weighted by atomic mass is 32.2. The van der Waals surface area contributed by atoms with Gasteiger partial charge in [0.25, 0.3) is 0 Å². The number of rotatable bonds is 8. The summed E-state index contributed by atoms with van der Waals surface area (Å²) in [4.78, 5) is 15.0. The number of phenolic OH excluding ortho intramolecular Hbond substituents is 1. The van der Waals surface area contributed by atoms with E-state index in [0.717, 1.165) is 42.8 Å². The van der Waals surface area contributed by atoms with E-state index in [1.165, 1.54) is 33.9 Å². The zero-order valence-electron chi connectivity index (χ0n) is 25.4. The first kappa shape index (κ1) is 31.2. The molecule has 0 saturated heterocycles. The lowest BCUT2D eigenvalue weighted by Crippen LogP contribution is -2.49. The van der Waals surface area contributed by atoms with Gasteiger partial charge in [-0.25, -0.2) is 4.79 Å². The number of halogens is 2. The zero-order chi connectivity index (χ0) is 31.4. The minimum atomic E-state index is -3.36. The van der Waals surface area contributed by atoms with Gasteiger partial charge in [-0.1, -0.05) is 36.4 Å². The lowest BCUT2D eigenvalue weighted by atomic mass is 9.50. The third-order valence-electron chi connectivity index (χ3n) is 9.12. The fourth-order valence-corrected chi connectivity index (χ4v) is 9.71. The number of alkyl halides is 2. The van der Waals surface area contributed by atoms with E-state index >= 15 is 0 Å². The van der Waals surface area contributed by atoms with Gasteiger partial charge in [-0.3, -0.25) is 0 Å². The zero-order valence-corrected chi connectivity index (χ0v) is 26.2. The topological polar surface area (TPSA) is 55.8 Å². The molecule has 0 atom stereocenters. The molecule has 7 heteroatoms. The molecular formula is C38H39F2O4S+. The van der Waals surface area contributed by atoms with Crippen LogP contribution in [0.4, 0.5) is 8.78 Å². The highest BCUT2D eigenvalue weighted by molar-refractivity contribution is 7.97. The quantitative estimate of drug-likeness (QED) is 0.156. The van der Waals surface area contributed by atoms with Crippen LogP contribution in [0.15, 0.2) is 124 Å². The maximum Gasteiger partial charge on any atom is 0.376 e. The third-order valence-corrected chi connectivity index (χ3v) is 11.4. The summed E-state index contributed by atoms with van der Waals surface area (Å²) in [6, 6.07) is 36.1. The van der Waals surface area contributed by atoms with Gasteiger partial charge >= 0.3 is 11.9 Å². The molecule has 8 rings (SSSR count). The maximum atomic E-state index is 12.8. The van der Waals surface area contributed by atoms with Crippen LogP contribution in [0, 0.1) is 23.2 Å². The van der Waals surface area contributed by atoms with Gasteiger partial charge in [-0.05, 0) is 129 Å². The highest BCUT2D eigenvalue weighted by Gasteiger charge is 2.52. The Kier molecular flexibility index (Phi) is 9.18. The molecule has 4 aliphatic carbocycles. The van der Waals surface area contributed by atoms with Crippen LogP contribution in [-0.2, 0) is 20.4 Å². The molecule has 0 spiro atoms. The van der Waals surface area contributed by atoms with Gasteiger partial charge in [0.2, 0.25) is 0 Å². The van der Waals surface area contributed by atoms with Gasteiger partial charge in [-0.15, -0.1) is 0 Å². The van der Waals surface area contributed by atoms with Crippen LogP contribution in [0.3, 0.4) is 0 Å². The first-order valence-corrected chi connectivity index (χ1v) is 16.8. The Morgan fingerprint density at radius 3 is 1.60 bits per heavy atom. The van der Waals surface area contributed by atoms with Crippen LogP contribution in [0.1, 0.15) is 45.4 Å². The van der Waals surface area contributed by atoms with Crippen molar-refractivity contribution in [2.75, 3.05) is 6.61 Å². The van der Waals surface area contributed by atoms with Crippen LogP contribution in [0.5, 0.6) is 17.2 Å². The van der Waals surface area contributed by atoms with Crippen molar-refractivity contribution in [3.63, 3.8) is 0 Å². The molecule has 4 aromatic carbocycles. The van der Waals surface area contributed by atoms with E-state index in [2.05, 4.69) is 60.7 Å².